The molecule has 3 fully saturated rings. The van der Waals surface area contributed by atoms with Crippen LogP contribution in [0.1, 0.15) is 72.1 Å². The molecule has 0 aromatic heterocycles. The van der Waals surface area contributed by atoms with Gasteiger partial charge in [-0.2, -0.15) is 0 Å². The van der Waals surface area contributed by atoms with Crippen molar-refractivity contribution in [2.24, 2.45) is 28.6 Å². The van der Waals surface area contributed by atoms with Crippen molar-refractivity contribution in [3.8, 4) is 0 Å². The van der Waals surface area contributed by atoms with Crippen molar-refractivity contribution < 1.29 is 9.90 Å². The zero-order chi connectivity index (χ0) is 16.6. The molecule has 3 heteroatoms. The van der Waals surface area contributed by atoms with Crippen LogP contribution in [0.4, 0.5) is 0 Å². The molecule has 0 aromatic rings. The van der Waals surface area contributed by atoms with Gasteiger partial charge in [0.15, 0.2) is 5.78 Å². The lowest BCUT2D eigenvalue weighted by Gasteiger charge is -2.59. The maximum Gasteiger partial charge on any atom is 0.174 e. The Hall–Kier alpha value is -0.340. The van der Waals surface area contributed by atoms with Crippen molar-refractivity contribution in [3.05, 3.63) is 10.6 Å². The number of allylic oxidation sites excluding steroid dienone is 1. The number of halogens is 1. The summed E-state index contributed by atoms with van der Waals surface area (Å²) in [5.74, 6) is 2.11. The number of hydrogen-bond acceptors (Lipinski definition) is 2. The van der Waals surface area contributed by atoms with Gasteiger partial charge in [0.1, 0.15) is 0 Å². The van der Waals surface area contributed by atoms with Crippen molar-refractivity contribution in [2.45, 2.75) is 77.7 Å². The van der Waals surface area contributed by atoms with E-state index in [1.54, 1.807) is 0 Å². The summed E-state index contributed by atoms with van der Waals surface area (Å²) in [4.78, 5) is 12.0. The van der Waals surface area contributed by atoms with Gasteiger partial charge in [-0.25, -0.2) is 0 Å². The molecule has 3 saturated carbocycles. The van der Waals surface area contributed by atoms with E-state index in [2.05, 4.69) is 20.8 Å². The molecule has 0 aliphatic heterocycles. The molecule has 1 N–H and O–H groups in total. The summed E-state index contributed by atoms with van der Waals surface area (Å²) < 4.78 is 0. The fourth-order valence-electron chi connectivity index (χ4n) is 6.89. The lowest BCUT2D eigenvalue weighted by atomic mass is 9.46. The molecular weight excluding hydrogens is 308 g/mol. The maximum absolute atomic E-state index is 12.0. The number of rotatable bonds is 0. The van der Waals surface area contributed by atoms with E-state index in [9.17, 15) is 9.90 Å². The molecule has 0 saturated heterocycles. The first-order valence-corrected chi connectivity index (χ1v) is 9.73. The molecule has 0 unspecified atom stereocenters. The SMILES string of the molecule is C[C@]12CCC(=O)C(Cl)=C1CC[C@H]1[C@H]3CC[C@](C)(O)[C@@]3(C)CC[C@@H]12. The number of hydrogen-bond donors (Lipinski definition) is 1. The fraction of sp³-hybridized carbons (Fsp3) is 0.850. The monoisotopic (exact) mass is 336 g/mol. The Bertz CT molecular complexity index is 592. The predicted molar refractivity (Wildman–Crippen MR) is 92.1 cm³/mol. The molecule has 0 heterocycles. The summed E-state index contributed by atoms with van der Waals surface area (Å²) in [6.45, 7) is 6.75. The lowest BCUT2D eigenvalue weighted by Crippen LogP contribution is -2.54. The van der Waals surface area contributed by atoms with Crippen LogP contribution in [0.3, 0.4) is 0 Å². The van der Waals surface area contributed by atoms with Gasteiger partial charge < -0.3 is 5.11 Å². The standard InChI is InChI=1S/C20H29ClO2/c1-18-9-8-16(22)17(21)15(18)5-4-12-13(18)6-10-19(2)14(12)7-11-20(19,3)23/h12-14,23H,4-11H2,1-3H3/t12-,13+,14-,18-,19+,20+/m1/s1. The van der Waals surface area contributed by atoms with Gasteiger partial charge in [-0.3, -0.25) is 4.79 Å². The number of aliphatic hydroxyl groups is 1. The molecule has 2 nitrogen and oxygen atoms in total. The molecule has 128 valence electrons. The van der Waals surface area contributed by atoms with Crippen LogP contribution in [0, 0.1) is 28.6 Å². The Labute approximate surface area is 144 Å². The van der Waals surface area contributed by atoms with Crippen LogP contribution in [-0.4, -0.2) is 16.5 Å². The zero-order valence-corrected chi connectivity index (χ0v) is 15.4. The Morgan fingerprint density at radius 3 is 2.43 bits per heavy atom. The highest BCUT2D eigenvalue weighted by atomic mass is 35.5. The smallest absolute Gasteiger partial charge is 0.174 e. The Balaban J connectivity index is 1.72. The Kier molecular flexibility index (Phi) is 3.40. The fourth-order valence-corrected chi connectivity index (χ4v) is 7.30. The second-order valence-electron chi connectivity index (χ2n) is 9.32. The van der Waals surface area contributed by atoms with E-state index in [0.717, 1.165) is 38.5 Å². The van der Waals surface area contributed by atoms with Crippen molar-refractivity contribution in [3.63, 3.8) is 0 Å². The average Bonchev–Trinajstić information content (AvgIpc) is 2.74. The highest BCUT2D eigenvalue weighted by molar-refractivity contribution is 6.43. The summed E-state index contributed by atoms with van der Waals surface area (Å²) in [6, 6.07) is 0. The summed E-state index contributed by atoms with van der Waals surface area (Å²) in [7, 11) is 0. The lowest BCUT2D eigenvalue weighted by molar-refractivity contribution is -0.124. The van der Waals surface area contributed by atoms with Crippen LogP contribution in [0.25, 0.3) is 0 Å². The van der Waals surface area contributed by atoms with Gasteiger partial charge in [-0.05, 0) is 86.0 Å². The van der Waals surface area contributed by atoms with E-state index >= 15 is 0 Å². The molecule has 0 spiro atoms. The highest BCUT2D eigenvalue weighted by Crippen LogP contribution is 2.67. The van der Waals surface area contributed by atoms with Crippen molar-refractivity contribution in [2.75, 3.05) is 0 Å². The summed E-state index contributed by atoms with van der Waals surface area (Å²) in [5.41, 5.74) is 0.925. The van der Waals surface area contributed by atoms with Crippen LogP contribution in [0.2, 0.25) is 0 Å². The molecule has 23 heavy (non-hydrogen) atoms. The maximum atomic E-state index is 12.0. The van der Waals surface area contributed by atoms with Gasteiger partial charge in [-0.1, -0.05) is 25.4 Å². The van der Waals surface area contributed by atoms with Gasteiger partial charge in [0, 0.05) is 6.42 Å². The van der Waals surface area contributed by atoms with Crippen LogP contribution in [-0.2, 0) is 4.79 Å². The normalized spacial score (nSPS) is 52.9. The molecular formula is C20H29ClO2. The van der Waals surface area contributed by atoms with Crippen molar-refractivity contribution >= 4 is 17.4 Å². The van der Waals surface area contributed by atoms with Gasteiger partial charge in [-0.15, -0.1) is 0 Å². The Morgan fingerprint density at radius 1 is 1.00 bits per heavy atom. The number of carbonyl (C=O) groups is 1. The number of Topliss-reactive ketones (excluding diaryl/α,β-unsaturated/α-hetero) is 1. The third kappa shape index (κ3) is 1.94. The van der Waals surface area contributed by atoms with Crippen LogP contribution in [0.15, 0.2) is 10.6 Å². The molecule has 0 aromatic carbocycles. The first-order valence-electron chi connectivity index (χ1n) is 9.35. The molecule has 0 radical (unpaired) electrons. The van der Waals surface area contributed by atoms with Crippen LogP contribution < -0.4 is 0 Å². The summed E-state index contributed by atoms with van der Waals surface area (Å²) in [6.07, 6.45) is 8.10. The van der Waals surface area contributed by atoms with E-state index in [1.807, 2.05) is 0 Å². The van der Waals surface area contributed by atoms with Gasteiger partial charge in [0.2, 0.25) is 0 Å². The minimum atomic E-state index is -0.514. The molecule has 6 atom stereocenters. The minimum Gasteiger partial charge on any atom is -0.390 e. The quantitative estimate of drug-likeness (QED) is 0.687. The highest BCUT2D eigenvalue weighted by Gasteiger charge is 2.62. The second kappa shape index (κ2) is 4.85. The van der Waals surface area contributed by atoms with Crippen LogP contribution >= 0.6 is 11.6 Å². The molecule has 0 amide bonds. The summed E-state index contributed by atoms with van der Waals surface area (Å²) in [5, 5.41) is 11.5. The first-order chi connectivity index (χ1) is 10.7. The van der Waals surface area contributed by atoms with Gasteiger partial charge in [0.05, 0.1) is 10.6 Å². The van der Waals surface area contributed by atoms with E-state index in [-0.39, 0.29) is 16.6 Å². The van der Waals surface area contributed by atoms with Crippen LogP contribution in [0.5, 0.6) is 0 Å². The molecule has 4 aliphatic carbocycles. The van der Waals surface area contributed by atoms with E-state index in [4.69, 9.17) is 11.6 Å². The molecule has 0 bridgehead atoms. The van der Waals surface area contributed by atoms with E-state index in [1.165, 1.54) is 12.0 Å². The zero-order valence-electron chi connectivity index (χ0n) is 14.6. The summed E-state index contributed by atoms with van der Waals surface area (Å²) >= 11 is 6.44. The van der Waals surface area contributed by atoms with Gasteiger partial charge in [0.25, 0.3) is 0 Å². The second-order valence-corrected chi connectivity index (χ2v) is 9.70. The predicted octanol–water partition coefficient (Wildman–Crippen LogP) is 4.84. The van der Waals surface area contributed by atoms with Crippen molar-refractivity contribution in [1.82, 2.24) is 0 Å². The average molecular weight is 337 g/mol. The Morgan fingerprint density at radius 2 is 1.70 bits per heavy atom. The topological polar surface area (TPSA) is 37.3 Å². The number of carbonyl (C=O) groups excluding carboxylic acids is 1. The minimum absolute atomic E-state index is 0.0695. The number of ketones is 1. The van der Waals surface area contributed by atoms with E-state index in [0.29, 0.717) is 29.2 Å². The largest absolute Gasteiger partial charge is 0.390 e. The van der Waals surface area contributed by atoms with Gasteiger partial charge >= 0.3 is 0 Å². The third-order valence-electron chi connectivity index (χ3n) is 8.62. The molecule has 4 aliphatic rings. The number of fused-ring (bicyclic) bond motifs is 5. The first kappa shape index (κ1) is 16.1. The third-order valence-corrected chi connectivity index (χ3v) is 9.05. The van der Waals surface area contributed by atoms with Crippen molar-refractivity contribution in [1.29, 1.82) is 0 Å². The van der Waals surface area contributed by atoms with E-state index < -0.39 is 5.60 Å². The molecule has 4 rings (SSSR count).